The van der Waals surface area contributed by atoms with E-state index in [0.717, 1.165) is 65.5 Å². The van der Waals surface area contributed by atoms with E-state index in [-0.39, 0.29) is 6.61 Å². The van der Waals surface area contributed by atoms with Gasteiger partial charge in [0.05, 0.1) is 11.7 Å². The average molecular weight is 468 g/mol. The third-order valence-electron chi connectivity index (χ3n) is 6.73. The van der Waals surface area contributed by atoms with Crippen LogP contribution in [0.15, 0.2) is 55.0 Å². The molecule has 3 aromatic heterocycles. The van der Waals surface area contributed by atoms with E-state index in [9.17, 15) is 5.11 Å². The van der Waals surface area contributed by atoms with Crippen LogP contribution < -0.4 is 15.5 Å². The number of nitrogens with zero attached hydrogens (tertiary/aromatic N) is 5. The minimum atomic E-state index is 0.108. The minimum Gasteiger partial charge on any atom is -0.396 e. The molecule has 8 nitrogen and oxygen atoms in total. The standard InChI is InChI=1S/C27H29N7O/c35-14-9-19-3-1-2-4-22(19)31-24-8-7-20(15-30-24)26-32-23-17-29-16-21(18-5-6-18)25(23)27(33-26)34-12-10-28-11-13-34/h1-4,7-8,15-18,28,35H,5-6,9-14H2,(H,30,31). The number of rotatable bonds is 7. The Kier molecular flexibility index (Phi) is 5.98. The molecule has 0 atom stereocenters. The Hall–Kier alpha value is -3.62. The molecule has 0 amide bonds. The van der Waals surface area contributed by atoms with Crippen molar-refractivity contribution in [2.75, 3.05) is 43.0 Å². The van der Waals surface area contributed by atoms with Crippen molar-refractivity contribution in [1.82, 2.24) is 25.3 Å². The van der Waals surface area contributed by atoms with Gasteiger partial charge >= 0.3 is 0 Å². The molecule has 4 aromatic rings. The lowest BCUT2D eigenvalue weighted by atomic mass is 10.1. The van der Waals surface area contributed by atoms with Crippen LogP contribution in [0.3, 0.4) is 0 Å². The van der Waals surface area contributed by atoms with Crippen LogP contribution in [-0.4, -0.2) is 57.8 Å². The van der Waals surface area contributed by atoms with Crippen molar-refractivity contribution in [3.05, 3.63) is 66.1 Å². The fourth-order valence-electron chi connectivity index (χ4n) is 4.75. The van der Waals surface area contributed by atoms with Gasteiger partial charge in [-0.2, -0.15) is 0 Å². The average Bonchev–Trinajstić information content (AvgIpc) is 3.76. The van der Waals surface area contributed by atoms with E-state index in [0.29, 0.717) is 18.2 Å². The molecule has 4 heterocycles. The SMILES string of the molecule is OCCc1ccccc1Nc1ccc(-c2nc(N3CCNCC3)c3c(C4CC4)cncc3n2)cn1. The van der Waals surface area contributed by atoms with Gasteiger partial charge in [-0.15, -0.1) is 0 Å². The summed E-state index contributed by atoms with van der Waals surface area (Å²) in [7, 11) is 0. The summed E-state index contributed by atoms with van der Waals surface area (Å²) in [6.07, 6.45) is 8.70. The summed E-state index contributed by atoms with van der Waals surface area (Å²) in [5.74, 6) is 2.99. The number of benzene rings is 1. The Bertz CT molecular complexity index is 1330. The van der Waals surface area contributed by atoms with Gasteiger partial charge in [-0.05, 0) is 54.5 Å². The fraction of sp³-hybridized carbons (Fsp3) is 0.333. The summed E-state index contributed by atoms with van der Waals surface area (Å²) >= 11 is 0. The number of hydrogen-bond donors (Lipinski definition) is 3. The number of anilines is 3. The first kappa shape index (κ1) is 21.9. The highest BCUT2D eigenvalue weighted by Gasteiger charge is 2.29. The molecule has 1 aliphatic carbocycles. The second kappa shape index (κ2) is 9.56. The lowest BCUT2D eigenvalue weighted by Gasteiger charge is -2.30. The molecule has 1 aliphatic heterocycles. The van der Waals surface area contributed by atoms with Gasteiger partial charge in [-0.3, -0.25) is 4.98 Å². The highest BCUT2D eigenvalue weighted by molar-refractivity contribution is 5.94. The van der Waals surface area contributed by atoms with Crippen LogP contribution in [0.5, 0.6) is 0 Å². The molecule has 178 valence electrons. The number of nitrogens with one attached hydrogen (secondary N) is 2. The zero-order valence-electron chi connectivity index (χ0n) is 19.6. The van der Waals surface area contributed by atoms with Gasteiger partial charge in [-0.25, -0.2) is 15.0 Å². The number of aliphatic hydroxyl groups excluding tert-OH is 1. The summed E-state index contributed by atoms with van der Waals surface area (Å²) in [5.41, 5.74) is 5.05. The predicted octanol–water partition coefficient (Wildman–Crippen LogP) is 3.65. The molecule has 8 heteroatoms. The van der Waals surface area contributed by atoms with E-state index in [1.54, 1.807) is 0 Å². The summed E-state index contributed by atoms with van der Waals surface area (Å²) in [6, 6.07) is 11.9. The molecule has 1 saturated heterocycles. The smallest absolute Gasteiger partial charge is 0.163 e. The van der Waals surface area contributed by atoms with Crippen LogP contribution in [0.1, 0.15) is 29.9 Å². The van der Waals surface area contributed by atoms with Gasteiger partial charge < -0.3 is 20.6 Å². The van der Waals surface area contributed by atoms with Gasteiger partial charge in [0.1, 0.15) is 11.6 Å². The number of piperazine rings is 1. The van der Waals surface area contributed by atoms with Gasteiger partial charge in [-0.1, -0.05) is 18.2 Å². The van der Waals surface area contributed by atoms with E-state index in [2.05, 4.69) is 25.5 Å². The highest BCUT2D eigenvalue weighted by Crippen LogP contribution is 2.44. The number of pyridine rings is 2. The first-order chi connectivity index (χ1) is 17.3. The third kappa shape index (κ3) is 4.54. The van der Waals surface area contributed by atoms with Crippen molar-refractivity contribution in [1.29, 1.82) is 0 Å². The summed E-state index contributed by atoms with van der Waals surface area (Å²) < 4.78 is 0. The van der Waals surface area contributed by atoms with E-state index >= 15 is 0 Å². The van der Waals surface area contributed by atoms with Gasteiger partial charge in [0.25, 0.3) is 0 Å². The van der Waals surface area contributed by atoms with Crippen molar-refractivity contribution in [3.8, 4) is 11.4 Å². The summed E-state index contributed by atoms with van der Waals surface area (Å²) in [6.45, 7) is 3.85. The Morgan fingerprint density at radius 2 is 1.86 bits per heavy atom. The first-order valence-electron chi connectivity index (χ1n) is 12.3. The monoisotopic (exact) mass is 467 g/mol. The number of aromatic nitrogens is 4. The lowest BCUT2D eigenvalue weighted by molar-refractivity contribution is 0.300. The molecule has 35 heavy (non-hydrogen) atoms. The molecule has 0 spiro atoms. The van der Waals surface area contributed by atoms with E-state index in [1.807, 2.05) is 55.0 Å². The Balaban J connectivity index is 1.35. The summed E-state index contributed by atoms with van der Waals surface area (Å²) in [4.78, 5) is 21.5. The quantitative estimate of drug-likeness (QED) is 0.379. The van der Waals surface area contributed by atoms with Crippen LogP contribution in [0.4, 0.5) is 17.3 Å². The molecular formula is C27H29N7O. The number of para-hydroxylation sites is 1. The second-order valence-corrected chi connectivity index (χ2v) is 9.19. The normalized spacial score (nSPS) is 16.0. The van der Waals surface area contributed by atoms with Crippen molar-refractivity contribution < 1.29 is 5.11 Å². The molecule has 2 aliphatic rings. The van der Waals surface area contributed by atoms with Gasteiger partial charge in [0.2, 0.25) is 0 Å². The van der Waals surface area contributed by atoms with E-state index in [1.165, 1.54) is 18.4 Å². The molecule has 3 N–H and O–H groups in total. The van der Waals surface area contributed by atoms with Gasteiger partial charge in [0.15, 0.2) is 5.82 Å². The second-order valence-electron chi connectivity index (χ2n) is 9.19. The fourth-order valence-corrected chi connectivity index (χ4v) is 4.75. The maximum absolute atomic E-state index is 9.35. The first-order valence-corrected chi connectivity index (χ1v) is 12.3. The maximum atomic E-state index is 9.35. The van der Waals surface area contributed by atoms with Gasteiger partial charge in [0, 0.05) is 61.8 Å². The van der Waals surface area contributed by atoms with Crippen molar-refractivity contribution in [3.63, 3.8) is 0 Å². The Morgan fingerprint density at radius 1 is 1.00 bits per heavy atom. The largest absolute Gasteiger partial charge is 0.396 e. The zero-order valence-corrected chi connectivity index (χ0v) is 19.6. The predicted molar refractivity (Wildman–Crippen MR) is 138 cm³/mol. The van der Waals surface area contributed by atoms with Crippen molar-refractivity contribution in [2.45, 2.75) is 25.2 Å². The van der Waals surface area contributed by atoms with Crippen LogP contribution in [-0.2, 0) is 6.42 Å². The highest BCUT2D eigenvalue weighted by atomic mass is 16.2. The molecule has 1 saturated carbocycles. The Labute approximate surface area is 204 Å². The molecule has 0 unspecified atom stereocenters. The van der Waals surface area contributed by atoms with Crippen molar-refractivity contribution >= 4 is 28.2 Å². The van der Waals surface area contributed by atoms with Crippen LogP contribution >= 0.6 is 0 Å². The molecule has 2 fully saturated rings. The molecule has 1 aromatic carbocycles. The van der Waals surface area contributed by atoms with Crippen LogP contribution in [0.2, 0.25) is 0 Å². The number of aliphatic hydroxyl groups is 1. The molecule has 0 radical (unpaired) electrons. The van der Waals surface area contributed by atoms with Crippen LogP contribution in [0, 0.1) is 0 Å². The third-order valence-corrected chi connectivity index (χ3v) is 6.73. The van der Waals surface area contributed by atoms with E-state index < -0.39 is 0 Å². The van der Waals surface area contributed by atoms with Crippen molar-refractivity contribution in [2.24, 2.45) is 0 Å². The zero-order chi connectivity index (χ0) is 23.6. The lowest BCUT2D eigenvalue weighted by Crippen LogP contribution is -2.44. The summed E-state index contributed by atoms with van der Waals surface area (Å²) in [5, 5.41) is 17.3. The molecule has 6 rings (SSSR count). The topological polar surface area (TPSA) is 99.1 Å². The Morgan fingerprint density at radius 3 is 2.63 bits per heavy atom. The minimum absolute atomic E-state index is 0.108. The maximum Gasteiger partial charge on any atom is 0.163 e. The van der Waals surface area contributed by atoms with Crippen LogP contribution in [0.25, 0.3) is 22.3 Å². The number of fused-ring (bicyclic) bond motifs is 1. The van der Waals surface area contributed by atoms with E-state index in [4.69, 9.17) is 9.97 Å². The number of hydrogen-bond acceptors (Lipinski definition) is 8. The molecule has 0 bridgehead atoms. The molecular weight excluding hydrogens is 438 g/mol.